The number of hydrogen-bond acceptors (Lipinski definition) is 2. The van der Waals surface area contributed by atoms with E-state index in [0.717, 1.165) is 0 Å². The second-order valence-corrected chi connectivity index (χ2v) is 4.78. The van der Waals surface area contributed by atoms with Gasteiger partial charge < -0.3 is 9.84 Å². The number of hydrogen-bond donors (Lipinski definition) is 1. The Morgan fingerprint density at radius 1 is 1.05 bits per heavy atom. The molecule has 0 radical (unpaired) electrons. The van der Waals surface area contributed by atoms with Gasteiger partial charge >= 0.3 is 6.61 Å². The number of aliphatic hydroxyl groups excluding tert-OH is 1. The average Bonchev–Trinajstić information content (AvgIpc) is 2.41. The van der Waals surface area contributed by atoms with E-state index in [4.69, 9.17) is 23.2 Å². The molecule has 2 aromatic carbocycles. The minimum Gasteiger partial charge on any atom is -0.435 e. The average molecular weight is 319 g/mol. The molecule has 0 fully saturated rings. The van der Waals surface area contributed by atoms with Gasteiger partial charge in [-0.2, -0.15) is 8.78 Å². The Hall–Kier alpha value is -1.36. The number of ether oxygens (including phenoxy) is 1. The number of aliphatic hydroxyl groups is 1. The van der Waals surface area contributed by atoms with Crippen molar-refractivity contribution in [1.82, 2.24) is 0 Å². The molecular formula is C14H10Cl2F2O2. The van der Waals surface area contributed by atoms with Crippen LogP contribution < -0.4 is 4.74 Å². The fraction of sp³-hybridized carbons (Fsp3) is 0.143. The van der Waals surface area contributed by atoms with Crippen LogP contribution in [0.4, 0.5) is 8.78 Å². The SMILES string of the molecule is OC(c1cccc(OC(F)F)c1)c1cccc(Cl)c1Cl. The zero-order valence-corrected chi connectivity index (χ0v) is 11.6. The minimum atomic E-state index is -2.92. The van der Waals surface area contributed by atoms with Gasteiger partial charge in [-0.05, 0) is 23.8 Å². The Balaban J connectivity index is 2.33. The Kier molecular flexibility index (Phi) is 4.81. The molecule has 0 spiro atoms. The number of alkyl halides is 2. The van der Waals surface area contributed by atoms with Gasteiger partial charge in [-0.25, -0.2) is 0 Å². The summed E-state index contributed by atoms with van der Waals surface area (Å²) in [6.07, 6.45) is -1.08. The van der Waals surface area contributed by atoms with Crippen molar-refractivity contribution in [3.63, 3.8) is 0 Å². The minimum absolute atomic E-state index is 0.0327. The van der Waals surface area contributed by atoms with Gasteiger partial charge in [-0.3, -0.25) is 0 Å². The molecule has 0 amide bonds. The molecule has 0 aromatic heterocycles. The fourth-order valence-corrected chi connectivity index (χ4v) is 2.18. The zero-order chi connectivity index (χ0) is 14.7. The van der Waals surface area contributed by atoms with Crippen LogP contribution in [0.5, 0.6) is 5.75 Å². The molecule has 106 valence electrons. The van der Waals surface area contributed by atoms with Crippen molar-refractivity contribution in [1.29, 1.82) is 0 Å². The predicted octanol–water partition coefficient (Wildman–Crippen LogP) is 4.68. The first-order chi connectivity index (χ1) is 9.49. The van der Waals surface area contributed by atoms with Gasteiger partial charge in [0.25, 0.3) is 0 Å². The summed E-state index contributed by atoms with van der Waals surface area (Å²) in [6.45, 7) is -2.92. The van der Waals surface area contributed by atoms with Crippen molar-refractivity contribution in [3.05, 3.63) is 63.6 Å². The Bertz CT molecular complexity index is 605. The van der Waals surface area contributed by atoms with E-state index in [2.05, 4.69) is 4.74 Å². The van der Waals surface area contributed by atoms with Crippen molar-refractivity contribution >= 4 is 23.2 Å². The monoisotopic (exact) mass is 318 g/mol. The van der Waals surface area contributed by atoms with Crippen molar-refractivity contribution in [2.75, 3.05) is 0 Å². The van der Waals surface area contributed by atoms with Gasteiger partial charge in [0.2, 0.25) is 0 Å². The van der Waals surface area contributed by atoms with Crippen LogP contribution in [0.15, 0.2) is 42.5 Å². The number of halogens is 4. The molecule has 2 rings (SSSR count). The van der Waals surface area contributed by atoms with E-state index in [9.17, 15) is 13.9 Å². The quantitative estimate of drug-likeness (QED) is 0.887. The molecule has 1 atom stereocenters. The second-order valence-electron chi connectivity index (χ2n) is 4.00. The molecule has 1 unspecified atom stereocenters. The third-order valence-electron chi connectivity index (χ3n) is 2.68. The maximum absolute atomic E-state index is 12.2. The molecule has 0 heterocycles. The van der Waals surface area contributed by atoms with Gasteiger partial charge in [-0.15, -0.1) is 0 Å². The Morgan fingerprint density at radius 2 is 1.75 bits per heavy atom. The summed E-state index contributed by atoms with van der Waals surface area (Å²) in [7, 11) is 0. The van der Waals surface area contributed by atoms with Crippen LogP contribution in [0.2, 0.25) is 10.0 Å². The normalized spacial score (nSPS) is 12.5. The molecule has 0 saturated carbocycles. The summed E-state index contributed by atoms with van der Waals surface area (Å²) in [5.41, 5.74) is 0.778. The maximum atomic E-state index is 12.2. The molecule has 2 nitrogen and oxygen atoms in total. The van der Waals surface area contributed by atoms with Gasteiger partial charge in [0.1, 0.15) is 11.9 Å². The van der Waals surface area contributed by atoms with Crippen molar-refractivity contribution in [2.24, 2.45) is 0 Å². The van der Waals surface area contributed by atoms with Crippen LogP contribution in [-0.2, 0) is 0 Å². The summed E-state index contributed by atoms with van der Waals surface area (Å²) >= 11 is 11.9. The van der Waals surface area contributed by atoms with E-state index in [1.165, 1.54) is 18.2 Å². The van der Waals surface area contributed by atoms with Crippen LogP contribution in [-0.4, -0.2) is 11.7 Å². The highest BCUT2D eigenvalue weighted by Crippen LogP contribution is 2.34. The van der Waals surface area contributed by atoms with E-state index in [1.807, 2.05) is 0 Å². The van der Waals surface area contributed by atoms with Crippen LogP contribution in [0.25, 0.3) is 0 Å². The van der Waals surface area contributed by atoms with Crippen LogP contribution in [0.1, 0.15) is 17.2 Å². The molecule has 20 heavy (non-hydrogen) atoms. The lowest BCUT2D eigenvalue weighted by atomic mass is 10.0. The Labute approximate surface area is 124 Å². The number of rotatable bonds is 4. The standard InChI is InChI=1S/C14H10Cl2F2O2/c15-11-6-2-5-10(12(11)16)13(19)8-3-1-4-9(7-8)20-14(17)18/h1-7,13-14,19H. The third kappa shape index (κ3) is 3.39. The molecule has 0 saturated heterocycles. The summed E-state index contributed by atoms with van der Waals surface area (Å²) in [5, 5.41) is 10.8. The molecule has 0 aliphatic heterocycles. The lowest BCUT2D eigenvalue weighted by Gasteiger charge is -2.15. The van der Waals surface area contributed by atoms with Crippen molar-refractivity contribution in [3.8, 4) is 5.75 Å². The Morgan fingerprint density at radius 3 is 2.45 bits per heavy atom. The number of benzene rings is 2. The third-order valence-corrected chi connectivity index (χ3v) is 3.51. The molecule has 0 bridgehead atoms. The first-order valence-corrected chi connectivity index (χ1v) is 6.41. The highest BCUT2D eigenvalue weighted by Gasteiger charge is 2.16. The molecule has 1 N–H and O–H groups in total. The topological polar surface area (TPSA) is 29.5 Å². The fourth-order valence-electron chi connectivity index (χ4n) is 1.77. The zero-order valence-electron chi connectivity index (χ0n) is 10.1. The smallest absolute Gasteiger partial charge is 0.387 e. The van der Waals surface area contributed by atoms with E-state index < -0.39 is 12.7 Å². The van der Waals surface area contributed by atoms with Gasteiger partial charge in [-0.1, -0.05) is 47.5 Å². The van der Waals surface area contributed by atoms with Crippen LogP contribution in [0.3, 0.4) is 0 Å². The molecule has 6 heteroatoms. The maximum Gasteiger partial charge on any atom is 0.387 e. The molecule has 0 aliphatic rings. The van der Waals surface area contributed by atoms with Crippen molar-refractivity contribution < 1.29 is 18.6 Å². The van der Waals surface area contributed by atoms with Crippen molar-refractivity contribution in [2.45, 2.75) is 12.7 Å². The second kappa shape index (κ2) is 6.39. The first kappa shape index (κ1) is 15.0. The van der Waals surface area contributed by atoms with E-state index >= 15 is 0 Å². The lowest BCUT2D eigenvalue weighted by molar-refractivity contribution is -0.0499. The highest BCUT2D eigenvalue weighted by molar-refractivity contribution is 6.42. The summed E-state index contributed by atoms with van der Waals surface area (Å²) in [4.78, 5) is 0. The predicted molar refractivity (Wildman–Crippen MR) is 73.6 cm³/mol. The van der Waals surface area contributed by atoms with E-state index in [-0.39, 0.29) is 10.8 Å². The van der Waals surface area contributed by atoms with Gasteiger partial charge in [0.15, 0.2) is 0 Å². The van der Waals surface area contributed by atoms with Gasteiger partial charge in [0, 0.05) is 5.56 Å². The summed E-state index contributed by atoms with van der Waals surface area (Å²) in [5.74, 6) is -0.0327. The van der Waals surface area contributed by atoms with Gasteiger partial charge in [0.05, 0.1) is 10.0 Å². The largest absolute Gasteiger partial charge is 0.435 e. The van der Waals surface area contributed by atoms with Crippen LogP contribution >= 0.6 is 23.2 Å². The van der Waals surface area contributed by atoms with E-state index in [0.29, 0.717) is 16.1 Å². The highest BCUT2D eigenvalue weighted by atomic mass is 35.5. The van der Waals surface area contributed by atoms with E-state index in [1.54, 1.807) is 24.3 Å². The molecule has 0 aliphatic carbocycles. The molecule has 2 aromatic rings. The summed E-state index contributed by atoms with van der Waals surface area (Å²) in [6, 6.07) is 10.6. The first-order valence-electron chi connectivity index (χ1n) is 5.66. The summed E-state index contributed by atoms with van der Waals surface area (Å²) < 4.78 is 28.6. The molecular weight excluding hydrogens is 309 g/mol. The van der Waals surface area contributed by atoms with Crippen LogP contribution in [0, 0.1) is 0 Å². The lowest BCUT2D eigenvalue weighted by Crippen LogP contribution is -2.04.